The van der Waals surface area contributed by atoms with E-state index < -0.39 is 0 Å². The van der Waals surface area contributed by atoms with Crippen molar-refractivity contribution in [2.45, 2.75) is 13.8 Å². The molecule has 0 radical (unpaired) electrons. The topological polar surface area (TPSA) is 69.4 Å². The van der Waals surface area contributed by atoms with Crippen LogP contribution < -0.4 is 20.5 Å². The van der Waals surface area contributed by atoms with Crippen LogP contribution in [-0.2, 0) is 0 Å². The van der Waals surface area contributed by atoms with Crippen LogP contribution in [-0.4, -0.2) is 18.2 Å². The van der Waals surface area contributed by atoms with Crippen molar-refractivity contribution in [1.29, 1.82) is 0 Å². The number of aromatic nitrogens is 1. The largest absolute Gasteiger partial charge is 0.494 e. The van der Waals surface area contributed by atoms with Gasteiger partial charge >= 0.3 is 0 Å². The number of nitrogens with zero attached hydrogens (tertiary/aromatic N) is 1. The molecule has 3 N–H and O–H groups in total. The van der Waals surface area contributed by atoms with Crippen LogP contribution in [0.5, 0.6) is 11.5 Å². The summed E-state index contributed by atoms with van der Waals surface area (Å²) in [6, 6.07) is 9.28. The van der Waals surface area contributed by atoms with Crippen molar-refractivity contribution in [2.75, 3.05) is 24.3 Å². The molecule has 2 aromatic rings. The smallest absolute Gasteiger partial charge is 0.143 e. The third-order valence-corrected chi connectivity index (χ3v) is 2.61. The molecule has 0 aliphatic carbocycles. The van der Waals surface area contributed by atoms with Crippen molar-refractivity contribution >= 4 is 17.2 Å². The first-order chi connectivity index (χ1) is 9.72. The van der Waals surface area contributed by atoms with Gasteiger partial charge in [0, 0.05) is 6.07 Å². The fraction of sp³-hybridized carbons (Fsp3) is 0.267. The summed E-state index contributed by atoms with van der Waals surface area (Å²) < 4.78 is 11.1. The molecule has 106 valence electrons. The molecule has 1 aromatic heterocycles. The number of benzene rings is 1. The maximum absolute atomic E-state index is 5.63. The molecule has 0 unspecified atom stereocenters. The van der Waals surface area contributed by atoms with E-state index in [9.17, 15) is 0 Å². The number of hydrogen-bond donors (Lipinski definition) is 2. The van der Waals surface area contributed by atoms with Gasteiger partial charge in [-0.1, -0.05) is 0 Å². The molecule has 0 saturated heterocycles. The minimum Gasteiger partial charge on any atom is -0.494 e. The maximum atomic E-state index is 5.63. The zero-order valence-electron chi connectivity index (χ0n) is 11.7. The lowest BCUT2D eigenvalue weighted by Crippen LogP contribution is -2.00. The number of pyridine rings is 1. The molecule has 5 nitrogen and oxygen atoms in total. The number of hydrogen-bond acceptors (Lipinski definition) is 5. The zero-order chi connectivity index (χ0) is 14.4. The van der Waals surface area contributed by atoms with Gasteiger partial charge < -0.3 is 20.5 Å². The highest BCUT2D eigenvalue weighted by Crippen LogP contribution is 2.31. The standard InChI is InChI=1S/C15H19N3O2/c1-3-19-12-6-7-14(20-4-2)13(9-12)18-15-8-5-11(16)10-17-15/h5-10H,3-4,16H2,1-2H3,(H,17,18). The SMILES string of the molecule is CCOc1ccc(OCC)c(Nc2ccc(N)cn2)c1. The Labute approximate surface area is 118 Å². The fourth-order valence-electron chi connectivity index (χ4n) is 1.76. The maximum Gasteiger partial charge on any atom is 0.143 e. The monoisotopic (exact) mass is 273 g/mol. The molecule has 0 fully saturated rings. The van der Waals surface area contributed by atoms with E-state index in [1.807, 2.05) is 38.1 Å². The molecule has 0 atom stereocenters. The third kappa shape index (κ3) is 3.54. The van der Waals surface area contributed by atoms with Crippen molar-refractivity contribution in [1.82, 2.24) is 4.98 Å². The first-order valence-corrected chi connectivity index (χ1v) is 6.61. The van der Waals surface area contributed by atoms with Crippen molar-refractivity contribution in [3.63, 3.8) is 0 Å². The average molecular weight is 273 g/mol. The molecule has 0 spiro atoms. The Hall–Kier alpha value is -2.43. The predicted octanol–water partition coefficient (Wildman–Crippen LogP) is 3.20. The second kappa shape index (κ2) is 6.65. The zero-order valence-corrected chi connectivity index (χ0v) is 11.7. The number of nitrogens with two attached hydrogens (primary N) is 1. The van der Waals surface area contributed by atoms with E-state index in [-0.39, 0.29) is 0 Å². The number of nitrogen functional groups attached to an aromatic ring is 1. The minimum atomic E-state index is 0.595. The van der Waals surface area contributed by atoms with Crippen molar-refractivity contribution in [2.24, 2.45) is 0 Å². The van der Waals surface area contributed by atoms with E-state index in [4.69, 9.17) is 15.2 Å². The fourth-order valence-corrected chi connectivity index (χ4v) is 1.76. The summed E-state index contributed by atoms with van der Waals surface area (Å²) in [5, 5.41) is 3.21. The van der Waals surface area contributed by atoms with E-state index in [1.165, 1.54) is 0 Å². The summed E-state index contributed by atoms with van der Waals surface area (Å²) in [7, 11) is 0. The van der Waals surface area contributed by atoms with Crippen molar-refractivity contribution < 1.29 is 9.47 Å². The molecule has 0 aliphatic heterocycles. The quantitative estimate of drug-likeness (QED) is 0.845. The van der Waals surface area contributed by atoms with Crippen LogP contribution >= 0.6 is 0 Å². The van der Waals surface area contributed by atoms with E-state index in [1.54, 1.807) is 12.3 Å². The van der Waals surface area contributed by atoms with E-state index >= 15 is 0 Å². The van der Waals surface area contributed by atoms with Crippen LogP contribution in [0.3, 0.4) is 0 Å². The van der Waals surface area contributed by atoms with Crippen LogP contribution in [0.1, 0.15) is 13.8 Å². The highest BCUT2D eigenvalue weighted by molar-refractivity contribution is 5.66. The molecule has 20 heavy (non-hydrogen) atoms. The molecule has 0 bridgehead atoms. The van der Waals surface area contributed by atoms with E-state index in [0.29, 0.717) is 24.7 Å². The molecular formula is C15H19N3O2. The molecule has 1 aromatic carbocycles. The van der Waals surface area contributed by atoms with Gasteiger partial charge in [0.25, 0.3) is 0 Å². The van der Waals surface area contributed by atoms with Gasteiger partial charge in [-0.25, -0.2) is 4.98 Å². The number of anilines is 3. The lowest BCUT2D eigenvalue weighted by Gasteiger charge is -2.14. The van der Waals surface area contributed by atoms with Crippen LogP contribution in [0.4, 0.5) is 17.2 Å². The van der Waals surface area contributed by atoms with Crippen molar-refractivity contribution in [3.05, 3.63) is 36.5 Å². The normalized spacial score (nSPS) is 10.1. The first-order valence-electron chi connectivity index (χ1n) is 6.61. The Morgan fingerprint density at radius 1 is 1.10 bits per heavy atom. The molecule has 0 aliphatic rings. The van der Waals surface area contributed by atoms with Crippen LogP contribution in [0.2, 0.25) is 0 Å². The molecule has 2 rings (SSSR count). The second-order valence-corrected chi connectivity index (χ2v) is 4.13. The second-order valence-electron chi connectivity index (χ2n) is 4.13. The number of ether oxygens (including phenoxy) is 2. The number of nitrogens with one attached hydrogen (secondary N) is 1. The Bertz CT molecular complexity index is 556. The van der Waals surface area contributed by atoms with Crippen LogP contribution in [0.15, 0.2) is 36.5 Å². The first kappa shape index (κ1) is 14.0. The van der Waals surface area contributed by atoms with Gasteiger partial charge in [0.15, 0.2) is 0 Å². The summed E-state index contributed by atoms with van der Waals surface area (Å²) in [6.07, 6.45) is 1.61. The van der Waals surface area contributed by atoms with Gasteiger partial charge in [-0.2, -0.15) is 0 Å². The summed E-state index contributed by atoms with van der Waals surface area (Å²) in [5.74, 6) is 2.25. The Morgan fingerprint density at radius 3 is 2.55 bits per heavy atom. The lowest BCUT2D eigenvalue weighted by atomic mass is 10.2. The summed E-state index contributed by atoms with van der Waals surface area (Å²) in [4.78, 5) is 4.22. The van der Waals surface area contributed by atoms with Crippen LogP contribution in [0.25, 0.3) is 0 Å². The molecule has 0 saturated carbocycles. The van der Waals surface area contributed by atoms with Gasteiger partial charge in [0.1, 0.15) is 17.3 Å². The Kier molecular flexibility index (Phi) is 4.65. The minimum absolute atomic E-state index is 0.595. The summed E-state index contributed by atoms with van der Waals surface area (Å²) in [6.45, 7) is 5.11. The average Bonchev–Trinajstić information content (AvgIpc) is 2.45. The van der Waals surface area contributed by atoms with Gasteiger partial charge in [0.2, 0.25) is 0 Å². The van der Waals surface area contributed by atoms with Crippen molar-refractivity contribution in [3.8, 4) is 11.5 Å². The highest BCUT2D eigenvalue weighted by Gasteiger charge is 2.07. The number of rotatable bonds is 6. The van der Waals surface area contributed by atoms with Gasteiger partial charge in [-0.15, -0.1) is 0 Å². The third-order valence-electron chi connectivity index (χ3n) is 2.61. The molecular weight excluding hydrogens is 254 g/mol. The molecule has 0 amide bonds. The Balaban J connectivity index is 2.26. The van der Waals surface area contributed by atoms with Gasteiger partial charge in [-0.05, 0) is 38.1 Å². The lowest BCUT2D eigenvalue weighted by molar-refractivity contribution is 0.332. The molecule has 1 heterocycles. The van der Waals surface area contributed by atoms with Crippen LogP contribution in [0, 0.1) is 0 Å². The molecule has 5 heteroatoms. The highest BCUT2D eigenvalue weighted by atomic mass is 16.5. The summed E-state index contributed by atoms with van der Waals surface area (Å²) >= 11 is 0. The Morgan fingerprint density at radius 2 is 1.90 bits per heavy atom. The van der Waals surface area contributed by atoms with Gasteiger partial charge in [0.05, 0.1) is 30.8 Å². The predicted molar refractivity (Wildman–Crippen MR) is 80.7 cm³/mol. The van der Waals surface area contributed by atoms with E-state index in [0.717, 1.165) is 17.2 Å². The van der Waals surface area contributed by atoms with Gasteiger partial charge in [-0.3, -0.25) is 0 Å². The van der Waals surface area contributed by atoms with E-state index in [2.05, 4.69) is 10.3 Å². The summed E-state index contributed by atoms with van der Waals surface area (Å²) in [5.41, 5.74) is 7.07.